The Labute approximate surface area is 104 Å². The van der Waals surface area contributed by atoms with Crippen molar-refractivity contribution in [3.05, 3.63) is 35.3 Å². The summed E-state index contributed by atoms with van der Waals surface area (Å²) in [5.41, 5.74) is 1.70. The van der Waals surface area contributed by atoms with Crippen molar-refractivity contribution in [2.24, 2.45) is 0 Å². The number of oxazole rings is 1. The molecule has 0 aliphatic carbocycles. The van der Waals surface area contributed by atoms with Gasteiger partial charge in [-0.2, -0.15) is 0 Å². The van der Waals surface area contributed by atoms with Crippen LogP contribution in [-0.4, -0.2) is 15.1 Å². The molecule has 1 unspecified atom stereocenters. The monoisotopic (exact) mass is 250 g/mol. The minimum atomic E-state index is -0.493. The first kappa shape index (κ1) is 12.1. The van der Waals surface area contributed by atoms with Gasteiger partial charge in [0.05, 0.1) is 11.8 Å². The van der Waals surface area contributed by atoms with Gasteiger partial charge in [-0.25, -0.2) is 9.97 Å². The third-order valence-electron chi connectivity index (χ3n) is 2.44. The molecule has 17 heavy (non-hydrogen) atoms. The number of aryl methyl sites for hydroxylation is 2. The predicted octanol–water partition coefficient (Wildman–Crippen LogP) is 2.89. The molecular weight excluding hydrogens is 236 g/mol. The molecule has 0 saturated carbocycles. The van der Waals surface area contributed by atoms with Crippen molar-refractivity contribution in [1.29, 1.82) is 0 Å². The van der Waals surface area contributed by atoms with Gasteiger partial charge in [0, 0.05) is 6.20 Å². The standard InChI is InChI=1S/C12H14N2O2S/c1-7-9(3)16-12(14-7)17-11-5-4-10(6-13-11)8(2)15/h4-6,8,15H,1-3H3. The van der Waals surface area contributed by atoms with E-state index in [0.717, 1.165) is 22.0 Å². The fraction of sp³-hybridized carbons (Fsp3) is 0.333. The second-order valence-corrected chi connectivity index (χ2v) is 4.80. The molecule has 2 aromatic rings. The van der Waals surface area contributed by atoms with Gasteiger partial charge < -0.3 is 9.52 Å². The minimum absolute atomic E-state index is 0.493. The molecule has 0 amide bonds. The van der Waals surface area contributed by atoms with Gasteiger partial charge in [-0.05, 0) is 44.2 Å². The van der Waals surface area contributed by atoms with Crippen LogP contribution < -0.4 is 0 Å². The number of hydrogen-bond donors (Lipinski definition) is 1. The molecule has 0 radical (unpaired) electrons. The molecule has 5 heteroatoms. The Hall–Kier alpha value is -1.33. The van der Waals surface area contributed by atoms with E-state index in [-0.39, 0.29) is 0 Å². The maximum atomic E-state index is 9.37. The van der Waals surface area contributed by atoms with Gasteiger partial charge in [0.15, 0.2) is 0 Å². The summed E-state index contributed by atoms with van der Waals surface area (Å²) in [6.45, 7) is 5.51. The van der Waals surface area contributed by atoms with Crippen LogP contribution in [-0.2, 0) is 0 Å². The van der Waals surface area contributed by atoms with E-state index in [2.05, 4.69) is 9.97 Å². The van der Waals surface area contributed by atoms with E-state index in [1.54, 1.807) is 13.1 Å². The summed E-state index contributed by atoms with van der Waals surface area (Å²) in [5.74, 6) is 0.827. The zero-order valence-corrected chi connectivity index (χ0v) is 10.8. The lowest BCUT2D eigenvalue weighted by Crippen LogP contribution is -1.92. The lowest BCUT2D eigenvalue weighted by Gasteiger charge is -2.03. The summed E-state index contributed by atoms with van der Waals surface area (Å²) >= 11 is 1.37. The van der Waals surface area contributed by atoms with Gasteiger partial charge in [-0.3, -0.25) is 0 Å². The first-order valence-electron chi connectivity index (χ1n) is 5.32. The number of aliphatic hydroxyl groups excluding tert-OH is 1. The molecule has 4 nitrogen and oxygen atoms in total. The minimum Gasteiger partial charge on any atom is -0.436 e. The Kier molecular flexibility index (Phi) is 3.49. The Morgan fingerprint density at radius 1 is 1.35 bits per heavy atom. The van der Waals surface area contributed by atoms with Crippen molar-refractivity contribution < 1.29 is 9.52 Å². The highest BCUT2D eigenvalue weighted by molar-refractivity contribution is 7.99. The first-order valence-corrected chi connectivity index (χ1v) is 6.14. The van der Waals surface area contributed by atoms with Gasteiger partial charge in [0.1, 0.15) is 10.8 Å². The Morgan fingerprint density at radius 2 is 2.12 bits per heavy atom. The summed E-state index contributed by atoms with van der Waals surface area (Å²) in [6.07, 6.45) is 1.17. The molecule has 90 valence electrons. The number of rotatable bonds is 3. The zero-order chi connectivity index (χ0) is 12.4. The molecule has 0 aromatic carbocycles. The van der Waals surface area contributed by atoms with Crippen LogP contribution in [0, 0.1) is 13.8 Å². The first-order chi connectivity index (χ1) is 8.06. The molecule has 0 saturated heterocycles. The third kappa shape index (κ3) is 2.87. The van der Waals surface area contributed by atoms with Crippen LogP contribution in [0.1, 0.15) is 30.0 Å². The van der Waals surface area contributed by atoms with E-state index in [4.69, 9.17) is 4.42 Å². The third-order valence-corrected chi connectivity index (χ3v) is 3.24. The number of pyridine rings is 1. The summed E-state index contributed by atoms with van der Waals surface area (Å²) in [4.78, 5) is 8.51. The summed E-state index contributed by atoms with van der Waals surface area (Å²) in [6, 6.07) is 3.70. The Bertz CT molecular complexity index is 486. The summed E-state index contributed by atoms with van der Waals surface area (Å²) < 4.78 is 5.46. The fourth-order valence-corrected chi connectivity index (χ4v) is 2.05. The molecule has 0 aliphatic rings. The molecule has 1 N–H and O–H groups in total. The van der Waals surface area contributed by atoms with Crippen LogP contribution in [0.2, 0.25) is 0 Å². The van der Waals surface area contributed by atoms with Gasteiger partial charge >= 0.3 is 0 Å². The largest absolute Gasteiger partial charge is 0.436 e. The van der Waals surface area contributed by atoms with Crippen LogP contribution >= 0.6 is 11.8 Å². The highest BCUT2D eigenvalue weighted by Gasteiger charge is 2.08. The summed E-state index contributed by atoms with van der Waals surface area (Å²) in [5, 5.41) is 10.8. The van der Waals surface area contributed by atoms with E-state index in [1.807, 2.05) is 26.0 Å². The number of aliphatic hydroxyl groups is 1. The molecule has 0 aliphatic heterocycles. The smallest absolute Gasteiger partial charge is 0.262 e. The van der Waals surface area contributed by atoms with Crippen LogP contribution in [0.3, 0.4) is 0 Å². The second kappa shape index (κ2) is 4.89. The van der Waals surface area contributed by atoms with Crippen molar-refractivity contribution in [3.63, 3.8) is 0 Å². The fourth-order valence-electron chi connectivity index (χ4n) is 1.28. The highest BCUT2D eigenvalue weighted by atomic mass is 32.2. The Balaban J connectivity index is 2.13. The zero-order valence-electron chi connectivity index (χ0n) is 9.97. The van der Waals surface area contributed by atoms with Crippen molar-refractivity contribution in [1.82, 2.24) is 9.97 Å². The molecule has 0 bridgehead atoms. The van der Waals surface area contributed by atoms with Crippen molar-refractivity contribution in [2.75, 3.05) is 0 Å². The maximum absolute atomic E-state index is 9.37. The average molecular weight is 250 g/mol. The number of hydrogen-bond acceptors (Lipinski definition) is 5. The average Bonchev–Trinajstić information content (AvgIpc) is 2.58. The highest BCUT2D eigenvalue weighted by Crippen LogP contribution is 2.27. The Morgan fingerprint density at radius 3 is 2.59 bits per heavy atom. The van der Waals surface area contributed by atoms with Gasteiger partial charge in [-0.15, -0.1) is 0 Å². The molecule has 2 rings (SSSR count). The van der Waals surface area contributed by atoms with E-state index in [9.17, 15) is 5.11 Å². The predicted molar refractivity (Wildman–Crippen MR) is 65.0 cm³/mol. The molecule has 1 atom stereocenters. The van der Waals surface area contributed by atoms with Crippen LogP contribution in [0.4, 0.5) is 0 Å². The van der Waals surface area contributed by atoms with E-state index in [1.165, 1.54) is 11.8 Å². The van der Waals surface area contributed by atoms with Crippen LogP contribution in [0.15, 0.2) is 33.0 Å². The van der Waals surface area contributed by atoms with Crippen LogP contribution in [0.5, 0.6) is 0 Å². The topological polar surface area (TPSA) is 59.2 Å². The van der Waals surface area contributed by atoms with E-state index >= 15 is 0 Å². The molecule has 2 aromatic heterocycles. The molecule has 0 spiro atoms. The van der Waals surface area contributed by atoms with Crippen molar-refractivity contribution >= 4 is 11.8 Å². The molecule has 0 fully saturated rings. The van der Waals surface area contributed by atoms with Gasteiger partial charge in [-0.1, -0.05) is 6.07 Å². The lowest BCUT2D eigenvalue weighted by molar-refractivity contribution is 0.198. The molecule has 2 heterocycles. The van der Waals surface area contributed by atoms with Gasteiger partial charge in [0.25, 0.3) is 5.22 Å². The van der Waals surface area contributed by atoms with Crippen molar-refractivity contribution in [3.8, 4) is 0 Å². The second-order valence-electron chi connectivity index (χ2n) is 3.83. The van der Waals surface area contributed by atoms with Crippen LogP contribution in [0.25, 0.3) is 0 Å². The van der Waals surface area contributed by atoms with Gasteiger partial charge in [0.2, 0.25) is 0 Å². The summed E-state index contributed by atoms with van der Waals surface area (Å²) in [7, 11) is 0. The number of aromatic nitrogens is 2. The normalized spacial score (nSPS) is 12.7. The van der Waals surface area contributed by atoms with E-state index < -0.39 is 6.10 Å². The number of nitrogens with zero attached hydrogens (tertiary/aromatic N) is 2. The maximum Gasteiger partial charge on any atom is 0.262 e. The van der Waals surface area contributed by atoms with E-state index in [0.29, 0.717) is 5.22 Å². The van der Waals surface area contributed by atoms with Crippen molar-refractivity contribution in [2.45, 2.75) is 37.1 Å². The quantitative estimate of drug-likeness (QED) is 0.907. The lowest BCUT2D eigenvalue weighted by atomic mass is 10.2. The SMILES string of the molecule is Cc1nc(Sc2ccc(C(C)O)cn2)oc1C. The molecular formula is C12H14N2O2S.